The summed E-state index contributed by atoms with van der Waals surface area (Å²) in [7, 11) is 1.61. The largest absolute Gasteiger partial charge is 0.493 e. The van der Waals surface area contributed by atoms with Crippen LogP contribution in [0.25, 0.3) is 6.08 Å². The van der Waals surface area contributed by atoms with Crippen LogP contribution in [0.15, 0.2) is 59.8 Å². The SMILES string of the molecule is COc1cc(C=CC(C)=NO)ccc1OCc1ccccc1. The first kappa shape index (κ1) is 15.6. The highest BCUT2D eigenvalue weighted by molar-refractivity contribution is 5.95. The normalized spacial score (nSPS) is 11.6. The Kier molecular flexibility index (Phi) is 5.60. The summed E-state index contributed by atoms with van der Waals surface area (Å²) in [6.07, 6.45) is 3.57. The molecule has 1 N–H and O–H groups in total. The molecule has 0 unspecified atom stereocenters. The molecule has 0 fully saturated rings. The number of hydrogen-bond donors (Lipinski definition) is 1. The van der Waals surface area contributed by atoms with Gasteiger partial charge in [-0.25, -0.2) is 0 Å². The molecule has 0 bridgehead atoms. The number of ether oxygens (including phenoxy) is 2. The Morgan fingerprint density at radius 2 is 1.91 bits per heavy atom. The maximum absolute atomic E-state index is 8.63. The van der Waals surface area contributed by atoms with E-state index < -0.39 is 0 Å². The minimum absolute atomic E-state index is 0.489. The molecule has 0 aliphatic carbocycles. The molecule has 0 aliphatic heterocycles. The Labute approximate surface area is 130 Å². The van der Waals surface area contributed by atoms with E-state index in [1.807, 2.05) is 54.6 Å². The van der Waals surface area contributed by atoms with Gasteiger partial charge in [-0.15, -0.1) is 0 Å². The van der Waals surface area contributed by atoms with Crippen LogP contribution >= 0.6 is 0 Å². The van der Waals surface area contributed by atoms with Crippen LogP contribution in [0, 0.1) is 0 Å². The Morgan fingerprint density at radius 3 is 2.59 bits per heavy atom. The number of rotatable bonds is 6. The van der Waals surface area contributed by atoms with Crippen LogP contribution in [0.3, 0.4) is 0 Å². The third-order valence-electron chi connectivity index (χ3n) is 3.10. The number of benzene rings is 2. The van der Waals surface area contributed by atoms with E-state index in [4.69, 9.17) is 14.7 Å². The monoisotopic (exact) mass is 297 g/mol. The Balaban J connectivity index is 2.10. The van der Waals surface area contributed by atoms with Gasteiger partial charge in [0, 0.05) is 0 Å². The van der Waals surface area contributed by atoms with Gasteiger partial charge in [-0.05, 0) is 36.3 Å². The summed E-state index contributed by atoms with van der Waals surface area (Å²) in [6, 6.07) is 15.6. The van der Waals surface area contributed by atoms with Crippen LogP contribution in [-0.2, 0) is 6.61 Å². The Hall–Kier alpha value is -2.75. The average Bonchev–Trinajstić information content (AvgIpc) is 2.58. The second-order valence-electron chi connectivity index (χ2n) is 4.76. The van der Waals surface area contributed by atoms with Crippen molar-refractivity contribution in [1.82, 2.24) is 0 Å². The molecule has 2 aromatic carbocycles. The van der Waals surface area contributed by atoms with Crippen LogP contribution < -0.4 is 9.47 Å². The molecule has 0 heterocycles. The zero-order valence-electron chi connectivity index (χ0n) is 12.7. The number of allylic oxidation sites excluding steroid dienone is 1. The van der Waals surface area contributed by atoms with Gasteiger partial charge in [-0.2, -0.15) is 0 Å². The predicted molar refractivity (Wildman–Crippen MR) is 87.7 cm³/mol. The highest BCUT2D eigenvalue weighted by atomic mass is 16.5. The summed E-state index contributed by atoms with van der Waals surface area (Å²) in [5.74, 6) is 1.35. The van der Waals surface area contributed by atoms with E-state index in [0.29, 0.717) is 23.8 Å². The fraction of sp³-hybridized carbons (Fsp3) is 0.167. The molecule has 0 atom stereocenters. The van der Waals surface area contributed by atoms with Crippen molar-refractivity contribution in [2.45, 2.75) is 13.5 Å². The molecule has 114 valence electrons. The lowest BCUT2D eigenvalue weighted by Gasteiger charge is -2.11. The zero-order chi connectivity index (χ0) is 15.8. The van der Waals surface area contributed by atoms with Crippen molar-refractivity contribution in [3.8, 4) is 11.5 Å². The smallest absolute Gasteiger partial charge is 0.161 e. The molecule has 0 amide bonds. The van der Waals surface area contributed by atoms with Gasteiger partial charge >= 0.3 is 0 Å². The first-order valence-corrected chi connectivity index (χ1v) is 6.94. The molecule has 2 rings (SSSR count). The van der Waals surface area contributed by atoms with Crippen LogP contribution in [0.4, 0.5) is 0 Å². The number of hydrogen-bond acceptors (Lipinski definition) is 4. The van der Waals surface area contributed by atoms with Crippen LogP contribution in [0.5, 0.6) is 11.5 Å². The van der Waals surface area contributed by atoms with Crippen molar-refractivity contribution in [3.63, 3.8) is 0 Å². The van der Waals surface area contributed by atoms with Crippen molar-refractivity contribution >= 4 is 11.8 Å². The quantitative estimate of drug-likeness (QED) is 0.495. The van der Waals surface area contributed by atoms with E-state index in [1.54, 1.807) is 20.1 Å². The molecule has 4 heteroatoms. The number of nitrogens with zero attached hydrogens (tertiary/aromatic N) is 1. The molecule has 4 nitrogen and oxygen atoms in total. The van der Waals surface area contributed by atoms with E-state index in [9.17, 15) is 0 Å². The van der Waals surface area contributed by atoms with Gasteiger partial charge in [0.2, 0.25) is 0 Å². The molecule has 0 spiro atoms. The minimum atomic E-state index is 0.489. The first-order chi connectivity index (χ1) is 10.7. The number of oxime groups is 1. The average molecular weight is 297 g/mol. The van der Waals surface area contributed by atoms with Crippen molar-refractivity contribution < 1.29 is 14.7 Å². The van der Waals surface area contributed by atoms with Crippen LogP contribution in [0.2, 0.25) is 0 Å². The fourth-order valence-electron chi connectivity index (χ4n) is 1.89. The first-order valence-electron chi connectivity index (χ1n) is 6.94. The lowest BCUT2D eigenvalue weighted by molar-refractivity contribution is 0.284. The van der Waals surface area contributed by atoms with Gasteiger partial charge in [0.05, 0.1) is 12.8 Å². The van der Waals surface area contributed by atoms with Crippen molar-refractivity contribution in [2.24, 2.45) is 5.16 Å². The maximum atomic E-state index is 8.63. The van der Waals surface area contributed by atoms with E-state index in [2.05, 4.69) is 5.16 Å². The van der Waals surface area contributed by atoms with E-state index in [-0.39, 0.29) is 0 Å². The van der Waals surface area contributed by atoms with Gasteiger partial charge in [-0.1, -0.05) is 47.6 Å². The second-order valence-corrected chi connectivity index (χ2v) is 4.76. The molecule has 0 aliphatic rings. The fourth-order valence-corrected chi connectivity index (χ4v) is 1.89. The topological polar surface area (TPSA) is 51.0 Å². The van der Waals surface area contributed by atoms with Gasteiger partial charge in [0.15, 0.2) is 11.5 Å². The standard InChI is InChI=1S/C18H19NO3/c1-14(19-20)8-9-15-10-11-17(18(12-15)21-2)22-13-16-6-4-3-5-7-16/h3-12,20H,13H2,1-2H3. The summed E-state index contributed by atoms with van der Waals surface area (Å²) in [6.45, 7) is 2.20. The van der Waals surface area contributed by atoms with E-state index in [0.717, 1.165) is 11.1 Å². The van der Waals surface area contributed by atoms with Gasteiger partial charge < -0.3 is 14.7 Å². The second kappa shape index (κ2) is 7.88. The lowest BCUT2D eigenvalue weighted by Crippen LogP contribution is -1.97. The molecule has 0 saturated heterocycles. The predicted octanol–water partition coefficient (Wildman–Crippen LogP) is 4.14. The van der Waals surface area contributed by atoms with Gasteiger partial charge in [-0.3, -0.25) is 0 Å². The summed E-state index contributed by atoms with van der Waals surface area (Å²) in [5.41, 5.74) is 2.57. The molecule has 0 radical (unpaired) electrons. The lowest BCUT2D eigenvalue weighted by atomic mass is 10.1. The van der Waals surface area contributed by atoms with E-state index >= 15 is 0 Å². The highest BCUT2D eigenvalue weighted by Gasteiger charge is 2.05. The Morgan fingerprint density at radius 1 is 1.14 bits per heavy atom. The third kappa shape index (κ3) is 4.38. The van der Waals surface area contributed by atoms with Gasteiger partial charge in [0.25, 0.3) is 0 Å². The number of methoxy groups -OCH3 is 1. The molecule has 2 aromatic rings. The molecule has 0 saturated carbocycles. The summed E-state index contributed by atoms with van der Waals surface area (Å²) in [4.78, 5) is 0. The van der Waals surface area contributed by atoms with E-state index in [1.165, 1.54) is 0 Å². The van der Waals surface area contributed by atoms with Gasteiger partial charge in [0.1, 0.15) is 6.61 Å². The zero-order valence-corrected chi connectivity index (χ0v) is 12.7. The van der Waals surface area contributed by atoms with Crippen molar-refractivity contribution in [1.29, 1.82) is 0 Å². The third-order valence-corrected chi connectivity index (χ3v) is 3.10. The maximum Gasteiger partial charge on any atom is 0.161 e. The Bertz CT molecular complexity index is 663. The van der Waals surface area contributed by atoms with Crippen molar-refractivity contribution in [3.05, 3.63) is 65.7 Å². The van der Waals surface area contributed by atoms with Crippen LogP contribution in [-0.4, -0.2) is 18.0 Å². The summed E-state index contributed by atoms with van der Waals surface area (Å²) < 4.78 is 11.2. The molecule has 22 heavy (non-hydrogen) atoms. The molecule has 0 aromatic heterocycles. The van der Waals surface area contributed by atoms with Crippen molar-refractivity contribution in [2.75, 3.05) is 7.11 Å². The molecular formula is C18H19NO3. The summed E-state index contributed by atoms with van der Waals surface area (Å²) >= 11 is 0. The van der Waals surface area contributed by atoms with Crippen LogP contribution in [0.1, 0.15) is 18.1 Å². The highest BCUT2D eigenvalue weighted by Crippen LogP contribution is 2.29. The summed E-state index contributed by atoms with van der Waals surface area (Å²) in [5, 5.41) is 11.7. The molecular weight excluding hydrogens is 278 g/mol. The minimum Gasteiger partial charge on any atom is -0.493 e.